The summed E-state index contributed by atoms with van der Waals surface area (Å²) in [6, 6.07) is 0.112. The van der Waals surface area contributed by atoms with Crippen LogP contribution in [-0.4, -0.2) is 58.0 Å². The highest BCUT2D eigenvalue weighted by Crippen LogP contribution is 1.95. The number of hydrogen-bond acceptors (Lipinski definition) is 4. The maximum absolute atomic E-state index is 11.5. The molecule has 8 heteroatoms. The van der Waals surface area contributed by atoms with Gasteiger partial charge in [0, 0.05) is 38.4 Å². The third kappa shape index (κ3) is 12.2. The van der Waals surface area contributed by atoms with Crippen LogP contribution in [0.1, 0.15) is 33.6 Å². The van der Waals surface area contributed by atoms with Crippen LogP contribution < -0.4 is 16.0 Å². The number of aliphatic imine (C=N–C) groups is 1. The van der Waals surface area contributed by atoms with Crippen LogP contribution in [0.5, 0.6) is 0 Å². The summed E-state index contributed by atoms with van der Waals surface area (Å²) in [4.78, 5) is 15.5. The molecule has 0 fully saturated rings. The third-order valence-corrected chi connectivity index (χ3v) is 3.60. The average molecular weight is 320 g/mol. The van der Waals surface area contributed by atoms with Gasteiger partial charge >= 0.3 is 0 Å². The van der Waals surface area contributed by atoms with E-state index in [1.807, 2.05) is 20.8 Å². The Morgan fingerprint density at radius 3 is 2.29 bits per heavy atom. The standard InChI is InChI=1S/C13H28N4O3S/c1-10(2)16-12(18)6-8-15-13(14-4)17-11(3)7-9-21(5,19)20/h10-11H,6-9H2,1-5H3,(H,16,18)(H2,14,15,17). The maximum Gasteiger partial charge on any atom is 0.221 e. The van der Waals surface area contributed by atoms with E-state index in [0.717, 1.165) is 0 Å². The van der Waals surface area contributed by atoms with Crippen LogP contribution in [0.25, 0.3) is 0 Å². The number of nitrogens with one attached hydrogen (secondary N) is 3. The van der Waals surface area contributed by atoms with Gasteiger partial charge in [-0.15, -0.1) is 0 Å². The van der Waals surface area contributed by atoms with Crippen molar-refractivity contribution >= 4 is 21.7 Å². The van der Waals surface area contributed by atoms with E-state index in [9.17, 15) is 13.2 Å². The van der Waals surface area contributed by atoms with Crippen LogP contribution in [0.4, 0.5) is 0 Å². The first-order valence-corrected chi connectivity index (χ1v) is 9.14. The van der Waals surface area contributed by atoms with Crippen molar-refractivity contribution in [3.8, 4) is 0 Å². The van der Waals surface area contributed by atoms with E-state index in [-0.39, 0.29) is 23.7 Å². The van der Waals surface area contributed by atoms with E-state index in [2.05, 4.69) is 20.9 Å². The van der Waals surface area contributed by atoms with Crippen LogP contribution in [0.15, 0.2) is 4.99 Å². The van der Waals surface area contributed by atoms with E-state index in [0.29, 0.717) is 25.3 Å². The second-order valence-electron chi connectivity index (χ2n) is 5.44. The van der Waals surface area contributed by atoms with Crippen LogP contribution >= 0.6 is 0 Å². The van der Waals surface area contributed by atoms with E-state index < -0.39 is 9.84 Å². The normalized spacial score (nSPS) is 13.9. The van der Waals surface area contributed by atoms with Crippen molar-refractivity contribution in [1.29, 1.82) is 0 Å². The molecule has 0 aromatic carbocycles. The Bertz CT molecular complexity index is 446. The summed E-state index contributed by atoms with van der Waals surface area (Å²) in [6.07, 6.45) is 2.09. The number of rotatable bonds is 8. The van der Waals surface area contributed by atoms with Gasteiger partial charge in [0.2, 0.25) is 5.91 Å². The lowest BCUT2D eigenvalue weighted by atomic mass is 10.3. The molecule has 0 saturated carbocycles. The summed E-state index contributed by atoms with van der Waals surface area (Å²) in [7, 11) is -1.32. The van der Waals surface area contributed by atoms with Gasteiger partial charge in [-0.05, 0) is 27.2 Å². The molecule has 0 spiro atoms. The number of nitrogens with zero attached hydrogens (tertiary/aromatic N) is 1. The second kappa shape index (κ2) is 9.59. The molecule has 0 aliphatic carbocycles. The van der Waals surface area contributed by atoms with Crippen molar-refractivity contribution in [1.82, 2.24) is 16.0 Å². The highest BCUT2D eigenvalue weighted by molar-refractivity contribution is 7.90. The Kier molecular flexibility index (Phi) is 9.00. The van der Waals surface area contributed by atoms with Gasteiger partial charge in [-0.2, -0.15) is 0 Å². The predicted octanol–water partition coefficient (Wildman–Crippen LogP) is -0.111. The molecule has 1 atom stereocenters. The SMILES string of the molecule is CN=C(NCCC(=O)NC(C)C)NC(C)CCS(C)(=O)=O. The van der Waals surface area contributed by atoms with E-state index in [4.69, 9.17) is 0 Å². The minimum Gasteiger partial charge on any atom is -0.356 e. The number of carbonyl (C=O) groups excluding carboxylic acids is 1. The predicted molar refractivity (Wildman–Crippen MR) is 86.2 cm³/mol. The van der Waals surface area contributed by atoms with Gasteiger partial charge in [-0.1, -0.05) is 0 Å². The molecule has 0 heterocycles. The van der Waals surface area contributed by atoms with Crippen molar-refractivity contribution < 1.29 is 13.2 Å². The molecule has 0 bridgehead atoms. The van der Waals surface area contributed by atoms with Crippen LogP contribution in [0.3, 0.4) is 0 Å². The zero-order valence-corrected chi connectivity index (χ0v) is 14.4. The van der Waals surface area contributed by atoms with Gasteiger partial charge in [0.15, 0.2) is 5.96 Å². The summed E-state index contributed by atoms with van der Waals surface area (Å²) in [5, 5.41) is 8.93. The van der Waals surface area contributed by atoms with Gasteiger partial charge in [0.1, 0.15) is 9.84 Å². The fraction of sp³-hybridized carbons (Fsp3) is 0.846. The van der Waals surface area contributed by atoms with E-state index in [1.165, 1.54) is 6.26 Å². The number of amides is 1. The Balaban J connectivity index is 4.04. The fourth-order valence-corrected chi connectivity index (χ4v) is 2.36. The van der Waals surface area contributed by atoms with E-state index >= 15 is 0 Å². The van der Waals surface area contributed by atoms with Crippen LogP contribution in [0.2, 0.25) is 0 Å². The quantitative estimate of drug-likeness (QED) is 0.428. The molecule has 1 amide bonds. The summed E-state index contributed by atoms with van der Waals surface area (Å²) < 4.78 is 22.2. The minimum atomic E-state index is -2.95. The smallest absolute Gasteiger partial charge is 0.221 e. The average Bonchev–Trinajstić information content (AvgIpc) is 2.33. The van der Waals surface area contributed by atoms with Gasteiger partial charge in [-0.3, -0.25) is 9.79 Å². The Labute approximate surface area is 127 Å². The van der Waals surface area contributed by atoms with Crippen molar-refractivity contribution in [3.63, 3.8) is 0 Å². The Morgan fingerprint density at radius 2 is 1.81 bits per heavy atom. The number of carbonyl (C=O) groups is 1. The lowest BCUT2D eigenvalue weighted by Gasteiger charge is -2.17. The molecule has 0 aromatic heterocycles. The lowest BCUT2D eigenvalue weighted by molar-refractivity contribution is -0.121. The molecule has 124 valence electrons. The van der Waals surface area contributed by atoms with E-state index in [1.54, 1.807) is 7.05 Å². The first-order valence-electron chi connectivity index (χ1n) is 7.08. The number of sulfone groups is 1. The fourth-order valence-electron chi connectivity index (χ4n) is 1.58. The highest BCUT2D eigenvalue weighted by Gasteiger charge is 2.10. The van der Waals surface area contributed by atoms with Crippen molar-refractivity contribution in [2.24, 2.45) is 4.99 Å². The molecule has 0 rings (SSSR count). The van der Waals surface area contributed by atoms with Crippen molar-refractivity contribution in [3.05, 3.63) is 0 Å². The maximum atomic E-state index is 11.5. The summed E-state index contributed by atoms with van der Waals surface area (Å²) >= 11 is 0. The molecule has 0 radical (unpaired) electrons. The Morgan fingerprint density at radius 1 is 1.19 bits per heavy atom. The van der Waals surface area contributed by atoms with Crippen molar-refractivity contribution in [2.45, 2.75) is 45.7 Å². The number of guanidine groups is 1. The van der Waals surface area contributed by atoms with Crippen LogP contribution in [-0.2, 0) is 14.6 Å². The Hall–Kier alpha value is -1.31. The second-order valence-corrected chi connectivity index (χ2v) is 7.69. The molecule has 0 aliphatic heterocycles. The zero-order chi connectivity index (χ0) is 16.5. The molecule has 3 N–H and O–H groups in total. The lowest BCUT2D eigenvalue weighted by Crippen LogP contribution is -2.44. The van der Waals surface area contributed by atoms with Gasteiger partial charge in [0.25, 0.3) is 0 Å². The van der Waals surface area contributed by atoms with Gasteiger partial charge < -0.3 is 16.0 Å². The minimum absolute atomic E-state index is 0.0157. The molecule has 21 heavy (non-hydrogen) atoms. The summed E-state index contributed by atoms with van der Waals surface area (Å²) in [6.45, 7) is 6.19. The molecule has 7 nitrogen and oxygen atoms in total. The zero-order valence-electron chi connectivity index (χ0n) is 13.6. The largest absolute Gasteiger partial charge is 0.356 e. The molecule has 0 aliphatic rings. The first kappa shape index (κ1) is 19.7. The van der Waals surface area contributed by atoms with Gasteiger partial charge in [-0.25, -0.2) is 8.42 Å². The molecule has 0 aromatic rings. The summed E-state index contributed by atoms with van der Waals surface area (Å²) in [5.41, 5.74) is 0. The summed E-state index contributed by atoms with van der Waals surface area (Å²) in [5.74, 6) is 0.682. The molecule has 1 unspecified atom stereocenters. The van der Waals surface area contributed by atoms with Crippen molar-refractivity contribution in [2.75, 3.05) is 25.6 Å². The monoisotopic (exact) mass is 320 g/mol. The molecular formula is C13H28N4O3S. The third-order valence-electron chi connectivity index (χ3n) is 2.62. The van der Waals surface area contributed by atoms with Crippen LogP contribution in [0, 0.1) is 0 Å². The molecular weight excluding hydrogens is 292 g/mol. The highest BCUT2D eigenvalue weighted by atomic mass is 32.2. The first-order chi connectivity index (χ1) is 9.64. The molecule has 0 saturated heterocycles. The van der Waals surface area contributed by atoms with Gasteiger partial charge in [0.05, 0.1) is 5.75 Å². The topological polar surface area (TPSA) is 99.7 Å². The number of hydrogen-bond donors (Lipinski definition) is 3.